The largest absolute Gasteiger partial charge is 0.493 e. The monoisotopic (exact) mass is 243 g/mol. The number of hydrogen-bond donors (Lipinski definition) is 0. The van der Waals surface area contributed by atoms with E-state index in [-0.39, 0.29) is 12.2 Å². The molecule has 1 heterocycles. The van der Waals surface area contributed by atoms with Crippen LogP contribution in [0.4, 0.5) is 0 Å². The molecule has 1 aliphatic rings. The number of nitrogens with zero attached hydrogens (tertiary/aromatic N) is 1. The summed E-state index contributed by atoms with van der Waals surface area (Å²) in [6.07, 6.45) is 0.540. The van der Waals surface area contributed by atoms with Crippen LogP contribution < -0.4 is 4.74 Å². The molecule has 92 valence electrons. The van der Waals surface area contributed by atoms with Gasteiger partial charge >= 0.3 is 5.97 Å². The Hall–Kier alpha value is -2.28. The van der Waals surface area contributed by atoms with Crippen molar-refractivity contribution >= 4 is 11.5 Å². The van der Waals surface area contributed by atoms with Gasteiger partial charge in [-0.1, -0.05) is 18.2 Å². The lowest BCUT2D eigenvalue weighted by Gasteiger charge is -2.20. The fourth-order valence-corrected chi connectivity index (χ4v) is 1.94. The van der Waals surface area contributed by atoms with Crippen LogP contribution in [0.2, 0.25) is 0 Å². The molecular weight excluding hydrogens is 230 g/mol. The van der Waals surface area contributed by atoms with Crippen molar-refractivity contribution in [2.75, 3.05) is 13.2 Å². The number of rotatable bonds is 2. The van der Waals surface area contributed by atoms with Gasteiger partial charge in [-0.15, -0.1) is 0 Å². The SMILES string of the molecule is CCOC(=O)C(C#N)=C1CCOc2ccccc21. The van der Waals surface area contributed by atoms with Crippen LogP contribution in [0.3, 0.4) is 0 Å². The highest BCUT2D eigenvalue weighted by Gasteiger charge is 2.23. The van der Waals surface area contributed by atoms with E-state index in [1.807, 2.05) is 30.3 Å². The van der Waals surface area contributed by atoms with Crippen LogP contribution in [0.5, 0.6) is 5.75 Å². The number of ether oxygens (including phenoxy) is 2. The van der Waals surface area contributed by atoms with E-state index in [0.29, 0.717) is 24.4 Å². The average Bonchev–Trinajstić information content (AvgIpc) is 2.40. The van der Waals surface area contributed by atoms with Crippen molar-refractivity contribution in [1.82, 2.24) is 0 Å². The van der Waals surface area contributed by atoms with Crippen LogP contribution in [-0.4, -0.2) is 19.2 Å². The van der Waals surface area contributed by atoms with Crippen LogP contribution in [-0.2, 0) is 9.53 Å². The molecule has 0 unspecified atom stereocenters. The lowest BCUT2D eigenvalue weighted by atomic mass is 9.95. The van der Waals surface area contributed by atoms with Gasteiger partial charge in [0.2, 0.25) is 0 Å². The molecule has 0 N–H and O–H groups in total. The quantitative estimate of drug-likeness (QED) is 0.454. The van der Waals surface area contributed by atoms with Gasteiger partial charge in [0.25, 0.3) is 0 Å². The minimum Gasteiger partial charge on any atom is -0.493 e. The number of esters is 1. The van der Waals surface area contributed by atoms with E-state index in [1.165, 1.54) is 0 Å². The predicted octanol–water partition coefficient (Wildman–Crippen LogP) is 2.31. The molecule has 4 heteroatoms. The maximum Gasteiger partial charge on any atom is 0.349 e. The molecule has 18 heavy (non-hydrogen) atoms. The molecule has 0 aliphatic carbocycles. The van der Waals surface area contributed by atoms with E-state index in [0.717, 1.165) is 5.56 Å². The van der Waals surface area contributed by atoms with Crippen molar-refractivity contribution in [2.24, 2.45) is 0 Å². The Balaban J connectivity index is 2.50. The molecule has 0 aromatic heterocycles. The van der Waals surface area contributed by atoms with E-state index in [9.17, 15) is 4.79 Å². The number of para-hydroxylation sites is 1. The van der Waals surface area contributed by atoms with Crippen molar-refractivity contribution in [2.45, 2.75) is 13.3 Å². The summed E-state index contributed by atoms with van der Waals surface area (Å²) in [7, 11) is 0. The molecule has 1 aliphatic heterocycles. The summed E-state index contributed by atoms with van der Waals surface area (Å²) in [5, 5.41) is 9.15. The lowest BCUT2D eigenvalue weighted by Crippen LogP contribution is -2.14. The van der Waals surface area contributed by atoms with Gasteiger partial charge in [0.15, 0.2) is 0 Å². The van der Waals surface area contributed by atoms with Crippen LogP contribution in [0.1, 0.15) is 18.9 Å². The zero-order valence-electron chi connectivity index (χ0n) is 10.1. The maximum atomic E-state index is 11.7. The van der Waals surface area contributed by atoms with Crippen molar-refractivity contribution in [3.05, 3.63) is 35.4 Å². The van der Waals surface area contributed by atoms with Crippen LogP contribution in [0.15, 0.2) is 29.8 Å². The number of carbonyl (C=O) groups excluding carboxylic acids is 1. The highest BCUT2D eigenvalue weighted by atomic mass is 16.5. The fourth-order valence-electron chi connectivity index (χ4n) is 1.94. The fraction of sp³-hybridized carbons (Fsp3) is 0.286. The molecule has 0 amide bonds. The molecule has 2 rings (SSSR count). The summed E-state index contributed by atoms with van der Waals surface area (Å²) in [6.45, 7) is 2.45. The van der Waals surface area contributed by atoms with Gasteiger partial charge in [-0.2, -0.15) is 5.26 Å². The van der Waals surface area contributed by atoms with Gasteiger partial charge in [0.05, 0.1) is 13.2 Å². The molecule has 4 nitrogen and oxygen atoms in total. The molecular formula is C14H13NO3. The van der Waals surface area contributed by atoms with E-state index < -0.39 is 5.97 Å². The highest BCUT2D eigenvalue weighted by molar-refractivity contribution is 6.02. The number of nitriles is 1. The average molecular weight is 243 g/mol. The van der Waals surface area contributed by atoms with Crippen molar-refractivity contribution in [3.8, 4) is 11.8 Å². The predicted molar refractivity (Wildman–Crippen MR) is 65.7 cm³/mol. The smallest absolute Gasteiger partial charge is 0.349 e. The molecule has 0 spiro atoms. The Kier molecular flexibility index (Phi) is 3.63. The van der Waals surface area contributed by atoms with Crippen LogP contribution in [0, 0.1) is 11.3 Å². The topological polar surface area (TPSA) is 59.3 Å². The summed E-state index contributed by atoms with van der Waals surface area (Å²) in [5.41, 5.74) is 1.58. The standard InChI is InChI=1S/C14H13NO3/c1-2-17-14(16)12(9-15)10-7-8-18-13-6-4-3-5-11(10)13/h3-6H,2,7-8H2,1H3. The van der Waals surface area contributed by atoms with E-state index in [2.05, 4.69) is 0 Å². The number of benzene rings is 1. The van der Waals surface area contributed by atoms with Gasteiger partial charge in [0.1, 0.15) is 17.4 Å². The summed E-state index contributed by atoms with van der Waals surface area (Å²) in [4.78, 5) is 11.7. The molecule has 0 fully saturated rings. The summed E-state index contributed by atoms with van der Waals surface area (Å²) in [5.74, 6) is 0.141. The third-order valence-corrected chi connectivity index (χ3v) is 2.71. The third kappa shape index (κ3) is 2.21. The zero-order valence-corrected chi connectivity index (χ0v) is 10.1. The Morgan fingerprint density at radius 3 is 3.00 bits per heavy atom. The second-order valence-corrected chi connectivity index (χ2v) is 3.78. The lowest BCUT2D eigenvalue weighted by molar-refractivity contribution is -0.137. The number of carbonyl (C=O) groups is 1. The molecule has 0 saturated heterocycles. The van der Waals surface area contributed by atoms with Crippen LogP contribution >= 0.6 is 0 Å². The molecule has 0 radical (unpaired) electrons. The minimum atomic E-state index is -0.563. The van der Waals surface area contributed by atoms with Gasteiger partial charge in [0, 0.05) is 12.0 Å². The first-order valence-corrected chi connectivity index (χ1v) is 5.80. The molecule has 0 saturated carbocycles. The zero-order chi connectivity index (χ0) is 13.0. The summed E-state index contributed by atoms with van der Waals surface area (Å²) >= 11 is 0. The third-order valence-electron chi connectivity index (χ3n) is 2.71. The van der Waals surface area contributed by atoms with Crippen molar-refractivity contribution in [1.29, 1.82) is 5.26 Å². The summed E-state index contributed by atoms with van der Waals surface area (Å²) in [6, 6.07) is 9.34. The first kappa shape index (κ1) is 12.2. The van der Waals surface area contributed by atoms with E-state index in [1.54, 1.807) is 6.92 Å². The first-order chi connectivity index (χ1) is 8.77. The van der Waals surface area contributed by atoms with Crippen molar-refractivity contribution in [3.63, 3.8) is 0 Å². The minimum absolute atomic E-state index is 0.0765. The Morgan fingerprint density at radius 2 is 2.28 bits per heavy atom. The molecule has 1 aromatic carbocycles. The normalized spacial score (nSPS) is 16.0. The Morgan fingerprint density at radius 1 is 1.50 bits per heavy atom. The van der Waals surface area contributed by atoms with E-state index in [4.69, 9.17) is 14.7 Å². The number of fused-ring (bicyclic) bond motifs is 1. The van der Waals surface area contributed by atoms with Crippen LogP contribution in [0.25, 0.3) is 5.57 Å². The van der Waals surface area contributed by atoms with Gasteiger partial charge < -0.3 is 9.47 Å². The summed E-state index contributed by atoms with van der Waals surface area (Å²) < 4.78 is 10.4. The molecule has 0 atom stereocenters. The molecule has 1 aromatic rings. The Bertz CT molecular complexity index is 540. The first-order valence-electron chi connectivity index (χ1n) is 5.80. The second-order valence-electron chi connectivity index (χ2n) is 3.78. The van der Waals surface area contributed by atoms with Gasteiger partial charge in [-0.3, -0.25) is 0 Å². The second kappa shape index (κ2) is 5.37. The van der Waals surface area contributed by atoms with Gasteiger partial charge in [-0.25, -0.2) is 4.79 Å². The highest BCUT2D eigenvalue weighted by Crippen LogP contribution is 2.34. The maximum absolute atomic E-state index is 11.7. The Labute approximate surface area is 105 Å². The van der Waals surface area contributed by atoms with E-state index >= 15 is 0 Å². The molecule has 0 bridgehead atoms. The van der Waals surface area contributed by atoms with Crippen molar-refractivity contribution < 1.29 is 14.3 Å². The van der Waals surface area contributed by atoms with Gasteiger partial charge in [-0.05, 0) is 18.6 Å². The number of hydrogen-bond acceptors (Lipinski definition) is 4.